The summed E-state index contributed by atoms with van der Waals surface area (Å²) in [6.45, 7) is 3.78. The quantitative estimate of drug-likeness (QED) is 0.343. The first kappa shape index (κ1) is 21.1. The smallest absolute Gasteiger partial charge is 0.282 e. The summed E-state index contributed by atoms with van der Waals surface area (Å²) in [6.07, 6.45) is 5.62. The van der Waals surface area contributed by atoms with E-state index in [0.29, 0.717) is 29.1 Å². The van der Waals surface area contributed by atoms with Gasteiger partial charge in [0.25, 0.3) is 5.19 Å². The van der Waals surface area contributed by atoms with Crippen LogP contribution >= 0.6 is 22.9 Å². The molecule has 6 nitrogen and oxygen atoms in total. The number of rotatable bonds is 7. The number of ether oxygens (including phenoxy) is 2. The Morgan fingerprint density at radius 1 is 0.938 bits per heavy atom. The number of fused-ring (bicyclic) bond motifs is 1. The van der Waals surface area contributed by atoms with Crippen molar-refractivity contribution in [2.45, 2.75) is 18.8 Å². The number of hydrogen-bond donors (Lipinski definition) is 0. The minimum absolute atomic E-state index is 0.530. The zero-order valence-electron chi connectivity index (χ0n) is 17.5. The van der Waals surface area contributed by atoms with Gasteiger partial charge in [0, 0.05) is 24.0 Å². The van der Waals surface area contributed by atoms with Crippen LogP contribution in [0.2, 0.25) is 5.02 Å². The van der Waals surface area contributed by atoms with Crippen LogP contribution in [0, 0.1) is 0 Å². The molecule has 0 saturated carbocycles. The Morgan fingerprint density at radius 3 is 2.41 bits per heavy atom. The summed E-state index contributed by atoms with van der Waals surface area (Å²) in [7, 11) is 0. The minimum Gasteiger partial charge on any atom is -0.492 e. The lowest BCUT2D eigenvalue weighted by molar-refractivity contribution is 0.173. The van der Waals surface area contributed by atoms with Crippen LogP contribution in [0.5, 0.6) is 16.7 Å². The van der Waals surface area contributed by atoms with E-state index in [0.717, 1.165) is 35.2 Å². The predicted octanol–water partition coefficient (Wildman–Crippen LogP) is 5.79. The zero-order chi connectivity index (χ0) is 21.8. The molecule has 0 bridgehead atoms. The van der Waals surface area contributed by atoms with Gasteiger partial charge in [0.05, 0.1) is 0 Å². The molecule has 2 aromatic heterocycles. The molecule has 5 rings (SSSR count). The van der Waals surface area contributed by atoms with Crippen LogP contribution in [0.15, 0.2) is 60.9 Å². The maximum Gasteiger partial charge on any atom is 0.282 e. The molecule has 0 N–H and O–H groups in total. The van der Waals surface area contributed by atoms with Gasteiger partial charge in [0.15, 0.2) is 10.5 Å². The molecule has 0 radical (unpaired) electrons. The van der Waals surface area contributed by atoms with Crippen LogP contribution in [-0.2, 0) is 0 Å². The van der Waals surface area contributed by atoms with Crippen molar-refractivity contribution in [2.75, 3.05) is 26.2 Å². The van der Waals surface area contributed by atoms with E-state index in [4.69, 9.17) is 21.1 Å². The molecule has 8 heteroatoms. The summed E-state index contributed by atoms with van der Waals surface area (Å²) in [4.78, 5) is 16.0. The van der Waals surface area contributed by atoms with Crippen LogP contribution in [0.4, 0.5) is 0 Å². The van der Waals surface area contributed by atoms with Crippen LogP contribution in [0.1, 0.15) is 24.3 Å². The molecule has 1 saturated heterocycles. The lowest BCUT2D eigenvalue weighted by atomic mass is 9.89. The molecule has 1 fully saturated rings. The second-order valence-corrected chi connectivity index (χ2v) is 9.13. The van der Waals surface area contributed by atoms with Gasteiger partial charge in [0.2, 0.25) is 0 Å². The molecule has 0 amide bonds. The van der Waals surface area contributed by atoms with E-state index < -0.39 is 0 Å². The van der Waals surface area contributed by atoms with Crippen molar-refractivity contribution in [1.29, 1.82) is 0 Å². The lowest BCUT2D eigenvalue weighted by Gasteiger charge is -2.32. The van der Waals surface area contributed by atoms with E-state index in [1.54, 1.807) is 12.4 Å². The third-order valence-electron chi connectivity index (χ3n) is 5.66. The van der Waals surface area contributed by atoms with Gasteiger partial charge in [-0.2, -0.15) is 4.98 Å². The number of piperidine rings is 1. The Labute approximate surface area is 195 Å². The second-order valence-electron chi connectivity index (χ2n) is 7.75. The average molecular weight is 467 g/mol. The summed E-state index contributed by atoms with van der Waals surface area (Å²) < 4.78 is 11.8. The van der Waals surface area contributed by atoms with Gasteiger partial charge in [0.1, 0.15) is 18.1 Å². The van der Waals surface area contributed by atoms with E-state index in [9.17, 15) is 0 Å². The van der Waals surface area contributed by atoms with E-state index in [1.807, 2.05) is 36.4 Å². The summed E-state index contributed by atoms with van der Waals surface area (Å²) in [6, 6.07) is 15.9. The van der Waals surface area contributed by atoms with Gasteiger partial charge in [-0.1, -0.05) is 35.1 Å². The fraction of sp³-hybridized carbons (Fsp3) is 0.292. The zero-order valence-corrected chi connectivity index (χ0v) is 19.1. The number of aromatic nitrogens is 3. The number of halogens is 1. The molecule has 0 unspecified atom stereocenters. The highest BCUT2D eigenvalue weighted by Crippen LogP contribution is 2.30. The van der Waals surface area contributed by atoms with Crippen molar-refractivity contribution in [3.8, 4) is 16.7 Å². The second kappa shape index (κ2) is 9.81. The van der Waals surface area contributed by atoms with Gasteiger partial charge < -0.3 is 9.47 Å². The Kier molecular flexibility index (Phi) is 6.48. The Bertz CT molecular complexity index is 1130. The van der Waals surface area contributed by atoms with Crippen molar-refractivity contribution in [3.05, 3.63) is 71.5 Å². The number of thiazole rings is 1. The Morgan fingerprint density at radius 2 is 1.66 bits per heavy atom. The minimum atomic E-state index is 0.530. The first-order valence-electron chi connectivity index (χ1n) is 10.7. The van der Waals surface area contributed by atoms with Gasteiger partial charge >= 0.3 is 0 Å². The number of nitrogens with zero attached hydrogens (tertiary/aromatic N) is 4. The molecule has 0 atom stereocenters. The number of likely N-dealkylation sites (tertiary alicyclic amines) is 1. The van der Waals surface area contributed by atoms with Crippen molar-refractivity contribution < 1.29 is 9.47 Å². The fourth-order valence-electron chi connectivity index (χ4n) is 3.92. The predicted molar refractivity (Wildman–Crippen MR) is 127 cm³/mol. The van der Waals surface area contributed by atoms with Crippen molar-refractivity contribution in [3.63, 3.8) is 0 Å². The first-order chi connectivity index (χ1) is 15.7. The van der Waals surface area contributed by atoms with Crippen LogP contribution in [0.25, 0.3) is 10.5 Å². The monoisotopic (exact) mass is 466 g/mol. The lowest BCUT2D eigenvalue weighted by Crippen LogP contribution is -2.35. The van der Waals surface area contributed by atoms with Gasteiger partial charge in [-0.25, -0.2) is 9.97 Å². The van der Waals surface area contributed by atoms with Gasteiger partial charge in [-0.05, 0) is 73.8 Å². The topological polar surface area (TPSA) is 60.4 Å². The summed E-state index contributed by atoms with van der Waals surface area (Å²) in [5, 5.41) is 1.33. The normalized spacial score (nSPS) is 15.2. The molecule has 0 aliphatic carbocycles. The third kappa shape index (κ3) is 5.18. The Hall–Kier alpha value is -2.74. The largest absolute Gasteiger partial charge is 0.492 e. The van der Waals surface area contributed by atoms with Crippen LogP contribution in [-0.4, -0.2) is 46.1 Å². The number of hydrogen-bond acceptors (Lipinski definition) is 7. The highest BCUT2D eigenvalue weighted by molar-refractivity contribution is 7.19. The maximum atomic E-state index is 6.01. The first-order valence-corrected chi connectivity index (χ1v) is 11.9. The van der Waals surface area contributed by atoms with Crippen LogP contribution in [0.3, 0.4) is 0 Å². The molecule has 4 aromatic rings. The molecule has 0 spiro atoms. The van der Waals surface area contributed by atoms with Crippen molar-refractivity contribution >= 4 is 33.4 Å². The molecule has 32 heavy (non-hydrogen) atoms. The molecule has 1 aliphatic heterocycles. The average Bonchev–Trinajstić information content (AvgIpc) is 3.24. The van der Waals surface area contributed by atoms with E-state index in [-0.39, 0.29) is 0 Å². The highest BCUT2D eigenvalue weighted by Gasteiger charge is 2.20. The summed E-state index contributed by atoms with van der Waals surface area (Å²) >= 11 is 7.38. The number of benzene rings is 2. The van der Waals surface area contributed by atoms with E-state index in [1.165, 1.54) is 29.7 Å². The molecule has 3 heterocycles. The molecule has 1 aliphatic rings. The Balaban J connectivity index is 1.06. The maximum absolute atomic E-state index is 6.01. The van der Waals surface area contributed by atoms with E-state index >= 15 is 0 Å². The highest BCUT2D eigenvalue weighted by atomic mass is 35.5. The van der Waals surface area contributed by atoms with Gasteiger partial charge in [-0.15, -0.1) is 0 Å². The molecular weight excluding hydrogens is 444 g/mol. The molecule has 164 valence electrons. The standard InChI is InChI=1S/C24H23ClN4O2S/c25-19-3-1-17(2-4-19)18-9-13-29(14-10-18)15-16-30-20-5-7-21(8-6-20)31-24-28-22-23(32-24)27-12-11-26-22/h1-8,11-12,18H,9-10,13-16H2. The van der Waals surface area contributed by atoms with Crippen LogP contribution < -0.4 is 9.47 Å². The van der Waals surface area contributed by atoms with Gasteiger partial charge in [-0.3, -0.25) is 4.90 Å². The molecule has 2 aromatic carbocycles. The van der Waals surface area contributed by atoms with Crippen molar-refractivity contribution in [2.24, 2.45) is 0 Å². The fourth-order valence-corrected chi connectivity index (χ4v) is 4.79. The summed E-state index contributed by atoms with van der Waals surface area (Å²) in [5.74, 6) is 2.17. The SMILES string of the molecule is Clc1ccc(C2CCN(CCOc3ccc(Oc4nc5nccnc5s4)cc3)CC2)cc1. The van der Waals surface area contributed by atoms with E-state index in [2.05, 4.69) is 32.0 Å². The molecular formula is C24H23ClN4O2S. The van der Waals surface area contributed by atoms with Crippen molar-refractivity contribution in [1.82, 2.24) is 19.9 Å². The third-order valence-corrected chi connectivity index (χ3v) is 6.74. The summed E-state index contributed by atoms with van der Waals surface area (Å²) in [5.41, 5.74) is 2.00.